The van der Waals surface area contributed by atoms with Crippen LogP contribution in [0.5, 0.6) is 28.7 Å². The monoisotopic (exact) mass is 410 g/mol. The van der Waals surface area contributed by atoms with Gasteiger partial charge in [0.25, 0.3) is 5.79 Å². The molecule has 0 aliphatic heterocycles. The van der Waals surface area contributed by atoms with E-state index in [-0.39, 0.29) is 5.56 Å². The van der Waals surface area contributed by atoms with Gasteiger partial charge in [-0.1, -0.05) is 0 Å². The van der Waals surface area contributed by atoms with Gasteiger partial charge in [0.1, 0.15) is 28.0 Å². The van der Waals surface area contributed by atoms with Gasteiger partial charge in [0.05, 0.1) is 0 Å². The van der Waals surface area contributed by atoms with Crippen LogP contribution in [-0.4, -0.2) is 57.0 Å². The molecule has 12 heteroatoms. The standard InChI is InChI=1S/C17H14O12/c18-6-2-1-5(3-7(6)19)15-14(23)13(22)10-9(29-15)4-8(20)11(12(10)21)16(24,25)17(26,27)28/h1-4,18-21,23-28H. The van der Waals surface area contributed by atoms with Crippen LogP contribution in [0.25, 0.3) is 22.3 Å². The Labute approximate surface area is 159 Å². The Morgan fingerprint density at radius 2 is 1.38 bits per heavy atom. The predicted molar refractivity (Wildman–Crippen MR) is 91.7 cm³/mol. The molecule has 1 aromatic heterocycles. The Balaban J connectivity index is 2.38. The Kier molecular flexibility index (Phi) is 4.34. The molecule has 12 nitrogen and oxygen atoms in total. The van der Waals surface area contributed by atoms with Crippen LogP contribution in [-0.2, 0) is 5.79 Å². The fourth-order valence-electron chi connectivity index (χ4n) is 2.68. The zero-order valence-electron chi connectivity index (χ0n) is 14.1. The van der Waals surface area contributed by atoms with Crippen molar-refractivity contribution >= 4 is 11.0 Å². The lowest BCUT2D eigenvalue weighted by Gasteiger charge is -2.31. The molecule has 0 atom stereocenters. The first-order chi connectivity index (χ1) is 13.3. The molecule has 0 saturated carbocycles. The van der Waals surface area contributed by atoms with Crippen LogP contribution in [0.1, 0.15) is 5.56 Å². The van der Waals surface area contributed by atoms with E-state index in [1.54, 1.807) is 0 Å². The summed E-state index contributed by atoms with van der Waals surface area (Å²) < 4.78 is 5.26. The summed E-state index contributed by atoms with van der Waals surface area (Å²) in [5.74, 6) is -13.7. The molecule has 0 unspecified atom stereocenters. The molecular formula is C17H14O12. The van der Waals surface area contributed by atoms with E-state index in [0.717, 1.165) is 18.2 Å². The minimum absolute atomic E-state index is 0.0846. The van der Waals surface area contributed by atoms with Crippen LogP contribution in [0, 0.1) is 0 Å². The zero-order valence-corrected chi connectivity index (χ0v) is 14.1. The van der Waals surface area contributed by atoms with Gasteiger partial charge in [-0.05, 0) is 18.2 Å². The van der Waals surface area contributed by atoms with E-state index in [4.69, 9.17) is 19.7 Å². The molecule has 1 heterocycles. The van der Waals surface area contributed by atoms with Gasteiger partial charge in [0.2, 0.25) is 11.2 Å². The van der Waals surface area contributed by atoms with Gasteiger partial charge >= 0.3 is 5.97 Å². The number of benzene rings is 2. The number of phenolic OH excluding ortho intramolecular Hbond substituents is 4. The van der Waals surface area contributed by atoms with Crippen molar-refractivity contribution in [2.45, 2.75) is 11.8 Å². The highest BCUT2D eigenvalue weighted by Gasteiger charge is 2.52. The third-order valence-electron chi connectivity index (χ3n) is 4.17. The quantitative estimate of drug-likeness (QED) is 0.180. The molecule has 10 N–H and O–H groups in total. The second-order valence-electron chi connectivity index (χ2n) is 6.11. The molecule has 3 rings (SSSR count). The number of hydrogen-bond donors (Lipinski definition) is 10. The summed E-state index contributed by atoms with van der Waals surface area (Å²) >= 11 is 0. The normalized spacial score (nSPS) is 12.4. The van der Waals surface area contributed by atoms with Gasteiger partial charge in [-0.15, -0.1) is 0 Å². The van der Waals surface area contributed by atoms with E-state index in [1.807, 2.05) is 0 Å². The van der Waals surface area contributed by atoms with Crippen molar-refractivity contribution in [2.75, 3.05) is 0 Å². The average molecular weight is 410 g/mol. The van der Waals surface area contributed by atoms with Crippen molar-refractivity contribution in [1.29, 1.82) is 0 Å². The molecule has 29 heavy (non-hydrogen) atoms. The minimum Gasteiger partial charge on any atom is -0.507 e. The lowest BCUT2D eigenvalue weighted by atomic mass is 9.98. The predicted octanol–water partition coefficient (Wildman–Crippen LogP) is -1.24. The third-order valence-corrected chi connectivity index (χ3v) is 4.17. The van der Waals surface area contributed by atoms with Crippen molar-refractivity contribution in [3.8, 4) is 40.1 Å². The Hall–Kier alpha value is -3.55. The van der Waals surface area contributed by atoms with E-state index in [0.29, 0.717) is 6.07 Å². The molecule has 0 fully saturated rings. The summed E-state index contributed by atoms with van der Waals surface area (Å²) in [7, 11) is 0. The first kappa shape index (κ1) is 20.2. The molecule has 154 valence electrons. The molecule has 0 bridgehead atoms. The highest BCUT2D eigenvalue weighted by molar-refractivity contribution is 5.90. The summed E-state index contributed by atoms with van der Waals surface area (Å²) in [6.45, 7) is 0. The molecule has 0 aliphatic carbocycles. The topological polar surface area (TPSA) is 233 Å². The first-order valence-electron chi connectivity index (χ1n) is 7.66. The zero-order chi connectivity index (χ0) is 21.9. The summed E-state index contributed by atoms with van der Waals surface area (Å²) in [5, 5.41) is 95.1. The smallest absolute Gasteiger partial charge is 0.337 e. The average Bonchev–Trinajstić information content (AvgIpc) is 2.59. The highest BCUT2D eigenvalue weighted by Crippen LogP contribution is 2.45. The number of rotatable bonds is 3. The maximum Gasteiger partial charge on any atom is 0.337 e. The third kappa shape index (κ3) is 2.97. The van der Waals surface area contributed by atoms with E-state index >= 15 is 0 Å². The van der Waals surface area contributed by atoms with Gasteiger partial charge in [-0.3, -0.25) is 4.79 Å². The molecule has 0 amide bonds. The minimum atomic E-state index is -4.26. The molecular weight excluding hydrogens is 396 g/mol. The Morgan fingerprint density at radius 3 is 1.93 bits per heavy atom. The van der Waals surface area contributed by atoms with E-state index in [9.17, 15) is 40.5 Å². The Morgan fingerprint density at radius 1 is 0.759 bits per heavy atom. The Bertz CT molecular complexity index is 1190. The first-order valence-corrected chi connectivity index (χ1v) is 7.66. The van der Waals surface area contributed by atoms with Crippen LogP contribution in [0.4, 0.5) is 0 Å². The summed E-state index contributed by atoms with van der Waals surface area (Å²) in [5.41, 5.74) is -3.48. The summed E-state index contributed by atoms with van der Waals surface area (Å²) in [6.07, 6.45) is 0. The number of phenols is 4. The second-order valence-corrected chi connectivity index (χ2v) is 6.11. The molecule has 2 aromatic carbocycles. The lowest BCUT2D eigenvalue weighted by molar-refractivity contribution is -0.454. The molecule has 3 aromatic rings. The molecule has 0 aliphatic rings. The van der Waals surface area contributed by atoms with Crippen LogP contribution < -0.4 is 5.43 Å². The molecule has 0 radical (unpaired) electrons. The largest absolute Gasteiger partial charge is 0.507 e. The van der Waals surface area contributed by atoms with E-state index < -0.39 is 68.2 Å². The molecule has 0 saturated heterocycles. The number of hydrogen-bond acceptors (Lipinski definition) is 12. The van der Waals surface area contributed by atoms with Crippen molar-refractivity contribution in [2.24, 2.45) is 0 Å². The molecule has 0 spiro atoms. The second kappa shape index (κ2) is 6.23. The number of aromatic hydroxyl groups is 5. The van der Waals surface area contributed by atoms with Crippen molar-refractivity contribution in [1.82, 2.24) is 0 Å². The van der Waals surface area contributed by atoms with E-state index in [2.05, 4.69) is 0 Å². The van der Waals surface area contributed by atoms with Crippen LogP contribution in [0.15, 0.2) is 33.5 Å². The van der Waals surface area contributed by atoms with Gasteiger partial charge in [-0.25, -0.2) is 0 Å². The summed E-state index contributed by atoms with van der Waals surface area (Å²) in [6, 6.07) is 3.71. The van der Waals surface area contributed by atoms with E-state index in [1.165, 1.54) is 0 Å². The fraction of sp³-hybridized carbons (Fsp3) is 0.118. The van der Waals surface area contributed by atoms with Crippen molar-refractivity contribution in [3.63, 3.8) is 0 Å². The highest BCUT2D eigenvalue weighted by atomic mass is 16.7. The van der Waals surface area contributed by atoms with Gasteiger partial charge in [-0.2, -0.15) is 0 Å². The SMILES string of the molecule is O=c1c(O)c(-c2ccc(O)c(O)c2)oc2cc(O)c(C(O)(O)C(O)(O)O)c(O)c12. The van der Waals surface area contributed by atoms with Crippen LogP contribution in [0.3, 0.4) is 0 Å². The van der Waals surface area contributed by atoms with Crippen LogP contribution >= 0.6 is 0 Å². The summed E-state index contributed by atoms with van der Waals surface area (Å²) in [4.78, 5) is 12.5. The number of aliphatic hydroxyl groups is 5. The van der Waals surface area contributed by atoms with Crippen molar-refractivity contribution in [3.05, 3.63) is 40.1 Å². The lowest BCUT2D eigenvalue weighted by Crippen LogP contribution is -2.52. The maximum absolute atomic E-state index is 12.5. The van der Waals surface area contributed by atoms with Gasteiger partial charge < -0.3 is 55.5 Å². The maximum atomic E-state index is 12.5. The van der Waals surface area contributed by atoms with Crippen molar-refractivity contribution < 1.29 is 55.5 Å². The fourth-order valence-corrected chi connectivity index (χ4v) is 2.68. The van der Waals surface area contributed by atoms with Gasteiger partial charge in [0.15, 0.2) is 17.3 Å². The number of fused-ring (bicyclic) bond motifs is 1. The van der Waals surface area contributed by atoms with Crippen LogP contribution in [0.2, 0.25) is 0 Å². The van der Waals surface area contributed by atoms with Gasteiger partial charge in [0, 0.05) is 11.6 Å².